The maximum atomic E-state index is 12.4. The van der Waals surface area contributed by atoms with Crippen LogP contribution >= 0.6 is 0 Å². The van der Waals surface area contributed by atoms with Crippen LogP contribution in [0.5, 0.6) is 0 Å². The molecule has 1 fully saturated rings. The standard InChI is InChI=1S/C23H30N4O2/c1-17-8-10-19(11-9-17)21(27-14-12-26(3)13-15-27)16-24-22(28)23(29)25-20-7-5-4-6-18(20)2/h4-11,21H,12-16H2,1-3H3,(H,24,28)(H,25,29)/t21-/m0/s1. The molecule has 0 spiro atoms. The largest absolute Gasteiger partial charge is 0.346 e. The van der Waals surface area contributed by atoms with Crippen molar-refractivity contribution in [3.8, 4) is 0 Å². The topological polar surface area (TPSA) is 64.7 Å². The first-order chi connectivity index (χ1) is 13.9. The van der Waals surface area contributed by atoms with Crippen molar-refractivity contribution in [2.24, 2.45) is 0 Å². The molecule has 2 aromatic carbocycles. The summed E-state index contributed by atoms with van der Waals surface area (Å²) in [7, 11) is 2.12. The minimum atomic E-state index is -0.639. The number of carbonyl (C=O) groups is 2. The number of nitrogens with zero attached hydrogens (tertiary/aromatic N) is 2. The van der Waals surface area contributed by atoms with Gasteiger partial charge in [-0.2, -0.15) is 0 Å². The first kappa shape index (κ1) is 21.0. The zero-order valence-corrected chi connectivity index (χ0v) is 17.4. The van der Waals surface area contributed by atoms with Crippen molar-refractivity contribution in [1.82, 2.24) is 15.1 Å². The van der Waals surface area contributed by atoms with E-state index in [-0.39, 0.29) is 6.04 Å². The molecule has 1 aliphatic heterocycles. The Morgan fingerprint density at radius 2 is 1.59 bits per heavy atom. The summed E-state index contributed by atoms with van der Waals surface area (Å²) in [6.45, 7) is 8.20. The Hall–Kier alpha value is -2.70. The van der Waals surface area contributed by atoms with Crippen LogP contribution in [-0.2, 0) is 9.59 Å². The lowest BCUT2D eigenvalue weighted by atomic mass is 10.0. The molecule has 0 bridgehead atoms. The number of rotatable bonds is 5. The molecule has 0 saturated carbocycles. The second-order valence-electron chi connectivity index (χ2n) is 7.74. The molecule has 1 atom stereocenters. The second kappa shape index (κ2) is 9.67. The van der Waals surface area contributed by atoms with Crippen LogP contribution < -0.4 is 10.6 Å². The molecule has 1 saturated heterocycles. The molecule has 3 rings (SSSR count). The number of hydrogen-bond acceptors (Lipinski definition) is 4. The number of benzene rings is 2. The quantitative estimate of drug-likeness (QED) is 0.764. The number of nitrogens with one attached hydrogen (secondary N) is 2. The van der Waals surface area contributed by atoms with Gasteiger partial charge in [-0.05, 0) is 38.1 Å². The molecule has 0 unspecified atom stereocenters. The van der Waals surface area contributed by atoms with Crippen LogP contribution in [-0.4, -0.2) is 61.4 Å². The summed E-state index contributed by atoms with van der Waals surface area (Å²) in [5.74, 6) is -1.25. The van der Waals surface area contributed by atoms with E-state index in [0.717, 1.165) is 37.3 Å². The predicted octanol–water partition coefficient (Wildman–Crippen LogP) is 2.35. The fourth-order valence-corrected chi connectivity index (χ4v) is 3.54. The van der Waals surface area contributed by atoms with E-state index in [1.807, 2.05) is 25.1 Å². The minimum absolute atomic E-state index is 0.0412. The van der Waals surface area contributed by atoms with Gasteiger partial charge in [-0.1, -0.05) is 48.0 Å². The van der Waals surface area contributed by atoms with Crippen LogP contribution in [0.2, 0.25) is 0 Å². The van der Waals surface area contributed by atoms with Gasteiger partial charge in [0.2, 0.25) is 0 Å². The van der Waals surface area contributed by atoms with Crippen molar-refractivity contribution in [3.05, 3.63) is 65.2 Å². The average Bonchev–Trinajstić information content (AvgIpc) is 2.72. The molecule has 0 radical (unpaired) electrons. The second-order valence-corrected chi connectivity index (χ2v) is 7.74. The monoisotopic (exact) mass is 394 g/mol. The number of amides is 2. The lowest BCUT2D eigenvalue weighted by Gasteiger charge is -2.38. The lowest BCUT2D eigenvalue weighted by molar-refractivity contribution is -0.136. The average molecular weight is 395 g/mol. The molecule has 0 aromatic heterocycles. The van der Waals surface area contributed by atoms with Gasteiger partial charge in [-0.15, -0.1) is 0 Å². The number of piperazine rings is 1. The smallest absolute Gasteiger partial charge is 0.313 e. The summed E-state index contributed by atoms with van der Waals surface area (Å²) in [6, 6.07) is 15.9. The van der Waals surface area contributed by atoms with Gasteiger partial charge < -0.3 is 15.5 Å². The summed E-state index contributed by atoms with van der Waals surface area (Å²) in [5.41, 5.74) is 3.93. The lowest BCUT2D eigenvalue weighted by Crippen LogP contribution is -2.49. The maximum absolute atomic E-state index is 12.4. The molecular weight excluding hydrogens is 364 g/mol. The number of likely N-dealkylation sites (N-methyl/N-ethyl adjacent to an activating group) is 1. The van der Waals surface area contributed by atoms with Crippen molar-refractivity contribution in [1.29, 1.82) is 0 Å². The molecular formula is C23H30N4O2. The Kier molecular flexibility index (Phi) is 7.01. The fraction of sp³-hybridized carbons (Fsp3) is 0.391. The maximum Gasteiger partial charge on any atom is 0.313 e. The van der Waals surface area contributed by atoms with E-state index in [4.69, 9.17) is 0 Å². The van der Waals surface area contributed by atoms with Gasteiger partial charge in [-0.3, -0.25) is 14.5 Å². The zero-order chi connectivity index (χ0) is 20.8. The van der Waals surface area contributed by atoms with Crippen molar-refractivity contribution < 1.29 is 9.59 Å². The van der Waals surface area contributed by atoms with Gasteiger partial charge in [0.1, 0.15) is 0 Å². The van der Waals surface area contributed by atoms with Crippen molar-refractivity contribution >= 4 is 17.5 Å². The van der Waals surface area contributed by atoms with Crippen molar-refractivity contribution in [2.75, 3.05) is 45.1 Å². The van der Waals surface area contributed by atoms with E-state index >= 15 is 0 Å². The summed E-state index contributed by atoms with van der Waals surface area (Å²) in [5, 5.41) is 5.53. The number of para-hydroxylation sites is 1. The molecule has 2 amide bonds. The van der Waals surface area contributed by atoms with Gasteiger partial charge >= 0.3 is 11.8 Å². The molecule has 1 heterocycles. The SMILES string of the molecule is Cc1ccc([C@H](CNC(=O)C(=O)Nc2ccccc2C)N2CCN(C)CC2)cc1. The molecule has 6 nitrogen and oxygen atoms in total. The zero-order valence-electron chi connectivity index (χ0n) is 17.4. The normalized spacial score (nSPS) is 16.2. The summed E-state index contributed by atoms with van der Waals surface area (Å²) < 4.78 is 0. The number of aryl methyl sites for hydroxylation is 2. The highest BCUT2D eigenvalue weighted by molar-refractivity contribution is 6.39. The van der Waals surface area contributed by atoms with Gasteiger partial charge in [0, 0.05) is 38.4 Å². The third kappa shape index (κ3) is 5.65. The third-order valence-corrected chi connectivity index (χ3v) is 5.50. The van der Waals surface area contributed by atoms with Crippen LogP contribution in [0.15, 0.2) is 48.5 Å². The van der Waals surface area contributed by atoms with Crippen LogP contribution in [0.3, 0.4) is 0 Å². The first-order valence-corrected chi connectivity index (χ1v) is 10.1. The molecule has 6 heteroatoms. The Labute approximate surface area is 172 Å². The Bertz CT molecular complexity index is 842. The van der Waals surface area contributed by atoms with E-state index in [1.54, 1.807) is 6.07 Å². The van der Waals surface area contributed by atoms with Crippen LogP contribution in [0, 0.1) is 13.8 Å². The molecule has 0 aliphatic carbocycles. The summed E-state index contributed by atoms with van der Waals surface area (Å²) in [6.07, 6.45) is 0. The van der Waals surface area contributed by atoms with E-state index in [2.05, 4.69) is 58.7 Å². The molecule has 1 aliphatic rings. The third-order valence-electron chi connectivity index (χ3n) is 5.50. The van der Waals surface area contributed by atoms with Gasteiger partial charge in [0.15, 0.2) is 0 Å². The minimum Gasteiger partial charge on any atom is -0.346 e. The number of hydrogen-bond donors (Lipinski definition) is 2. The highest BCUT2D eigenvalue weighted by Gasteiger charge is 2.25. The fourth-order valence-electron chi connectivity index (χ4n) is 3.54. The first-order valence-electron chi connectivity index (χ1n) is 10.1. The van der Waals surface area contributed by atoms with Crippen LogP contribution in [0.1, 0.15) is 22.7 Å². The molecule has 29 heavy (non-hydrogen) atoms. The van der Waals surface area contributed by atoms with Crippen LogP contribution in [0.25, 0.3) is 0 Å². The Morgan fingerprint density at radius 3 is 2.24 bits per heavy atom. The molecule has 2 aromatic rings. The number of carbonyl (C=O) groups excluding carboxylic acids is 2. The Morgan fingerprint density at radius 1 is 0.931 bits per heavy atom. The van der Waals surface area contributed by atoms with Crippen molar-refractivity contribution in [3.63, 3.8) is 0 Å². The van der Waals surface area contributed by atoms with E-state index < -0.39 is 11.8 Å². The highest BCUT2D eigenvalue weighted by Crippen LogP contribution is 2.22. The van der Waals surface area contributed by atoms with E-state index in [1.165, 1.54) is 5.56 Å². The van der Waals surface area contributed by atoms with Gasteiger partial charge in [0.25, 0.3) is 0 Å². The van der Waals surface area contributed by atoms with Gasteiger partial charge in [-0.25, -0.2) is 0 Å². The van der Waals surface area contributed by atoms with Gasteiger partial charge in [0.05, 0.1) is 6.04 Å². The summed E-state index contributed by atoms with van der Waals surface area (Å²) >= 11 is 0. The van der Waals surface area contributed by atoms with Crippen molar-refractivity contribution in [2.45, 2.75) is 19.9 Å². The van der Waals surface area contributed by atoms with E-state index in [0.29, 0.717) is 12.2 Å². The Balaban J connectivity index is 1.65. The molecule has 2 N–H and O–H groups in total. The number of anilines is 1. The predicted molar refractivity (Wildman–Crippen MR) is 116 cm³/mol. The van der Waals surface area contributed by atoms with E-state index in [9.17, 15) is 9.59 Å². The molecule has 154 valence electrons. The highest BCUT2D eigenvalue weighted by atomic mass is 16.2. The summed E-state index contributed by atoms with van der Waals surface area (Å²) in [4.78, 5) is 29.4. The van der Waals surface area contributed by atoms with Crippen LogP contribution in [0.4, 0.5) is 5.69 Å².